The van der Waals surface area contributed by atoms with Crippen LogP contribution in [0.4, 0.5) is 5.00 Å². The number of hydrogen-bond donors (Lipinski definition) is 1. The highest BCUT2D eigenvalue weighted by atomic mass is 35.5. The molecule has 0 aliphatic carbocycles. The van der Waals surface area contributed by atoms with E-state index in [0.29, 0.717) is 27.6 Å². The number of esters is 1. The van der Waals surface area contributed by atoms with Crippen LogP contribution in [0, 0.1) is 13.8 Å². The summed E-state index contributed by atoms with van der Waals surface area (Å²) in [5.74, 6) is -1.21. The van der Waals surface area contributed by atoms with E-state index in [2.05, 4.69) is 10.4 Å². The highest BCUT2D eigenvalue weighted by Gasteiger charge is 2.27. The highest BCUT2D eigenvalue weighted by molar-refractivity contribution is 7.18. The Kier molecular flexibility index (Phi) is 7.20. The molecule has 2 rings (SSSR count). The van der Waals surface area contributed by atoms with Gasteiger partial charge in [0.05, 0.1) is 27.8 Å². The van der Waals surface area contributed by atoms with E-state index in [1.807, 2.05) is 6.92 Å². The summed E-state index contributed by atoms with van der Waals surface area (Å²) in [6, 6.07) is 0. The minimum Gasteiger partial charge on any atom is -0.462 e. The van der Waals surface area contributed by atoms with Gasteiger partial charge in [-0.3, -0.25) is 14.3 Å². The molecule has 0 spiro atoms. The van der Waals surface area contributed by atoms with E-state index in [1.165, 1.54) is 9.58 Å². The molecule has 8 nitrogen and oxygen atoms in total. The summed E-state index contributed by atoms with van der Waals surface area (Å²) in [5, 5.41) is 7.59. The van der Waals surface area contributed by atoms with E-state index in [4.69, 9.17) is 16.3 Å². The lowest BCUT2D eigenvalue weighted by Gasteiger charge is -2.09. The fourth-order valence-corrected chi connectivity index (χ4v) is 3.79. The Labute approximate surface area is 172 Å². The number of amides is 2. The maximum Gasteiger partial charge on any atom is 0.341 e. The Hall–Kier alpha value is -2.39. The molecule has 2 amide bonds. The monoisotopic (exact) mass is 426 g/mol. The van der Waals surface area contributed by atoms with Crippen LogP contribution in [0.2, 0.25) is 5.02 Å². The molecule has 1 N–H and O–H groups in total. The van der Waals surface area contributed by atoms with Crippen molar-refractivity contribution in [2.75, 3.05) is 26.0 Å². The molecular formula is C18H23ClN4O4S. The van der Waals surface area contributed by atoms with Crippen molar-refractivity contribution in [3.63, 3.8) is 0 Å². The van der Waals surface area contributed by atoms with Crippen LogP contribution in [-0.4, -0.2) is 53.2 Å². The lowest BCUT2D eigenvalue weighted by Crippen LogP contribution is -2.21. The average molecular weight is 427 g/mol. The first kappa shape index (κ1) is 21.9. The molecule has 2 aromatic heterocycles. The number of anilines is 1. The Morgan fingerprint density at radius 1 is 1.32 bits per heavy atom. The van der Waals surface area contributed by atoms with Gasteiger partial charge in [-0.15, -0.1) is 11.3 Å². The number of ether oxygens (including phenoxy) is 1. The van der Waals surface area contributed by atoms with Gasteiger partial charge in [-0.2, -0.15) is 5.10 Å². The Balaban J connectivity index is 2.32. The third-order valence-corrected chi connectivity index (χ3v) is 5.40. The van der Waals surface area contributed by atoms with E-state index in [-0.39, 0.29) is 29.6 Å². The number of hydrogen-bond acceptors (Lipinski definition) is 6. The topological polar surface area (TPSA) is 93.5 Å². The van der Waals surface area contributed by atoms with Gasteiger partial charge in [0, 0.05) is 20.3 Å². The number of nitrogens with one attached hydrogen (secondary N) is 1. The molecule has 152 valence electrons. The maximum absolute atomic E-state index is 12.5. The van der Waals surface area contributed by atoms with Gasteiger partial charge in [0.2, 0.25) is 5.91 Å². The summed E-state index contributed by atoms with van der Waals surface area (Å²) >= 11 is 7.01. The molecule has 0 bridgehead atoms. The van der Waals surface area contributed by atoms with Crippen molar-refractivity contribution in [1.82, 2.24) is 14.7 Å². The van der Waals surface area contributed by atoms with Crippen molar-refractivity contribution >= 4 is 45.7 Å². The second kappa shape index (κ2) is 9.20. The molecule has 2 heterocycles. The van der Waals surface area contributed by atoms with Gasteiger partial charge in [0.25, 0.3) is 5.91 Å². The summed E-state index contributed by atoms with van der Waals surface area (Å²) in [6.45, 7) is 5.46. The molecule has 2 aromatic rings. The Bertz CT molecular complexity index is 884. The van der Waals surface area contributed by atoms with Crippen molar-refractivity contribution in [2.45, 2.75) is 33.7 Å². The first-order valence-electron chi connectivity index (χ1n) is 8.67. The normalized spacial score (nSPS) is 10.6. The molecule has 10 heteroatoms. The van der Waals surface area contributed by atoms with E-state index < -0.39 is 11.9 Å². The number of carbonyl (C=O) groups is 3. The predicted octanol–water partition coefficient (Wildman–Crippen LogP) is 3.12. The number of aryl methyl sites for hydroxylation is 1. The van der Waals surface area contributed by atoms with Gasteiger partial charge < -0.3 is 15.0 Å². The summed E-state index contributed by atoms with van der Waals surface area (Å²) < 4.78 is 6.64. The molecule has 0 unspecified atom stereocenters. The van der Waals surface area contributed by atoms with Crippen molar-refractivity contribution in [3.05, 3.63) is 32.9 Å². The van der Waals surface area contributed by atoms with Crippen molar-refractivity contribution in [3.8, 4) is 0 Å². The first-order valence-corrected chi connectivity index (χ1v) is 9.86. The quantitative estimate of drug-likeness (QED) is 0.686. The zero-order valence-corrected chi connectivity index (χ0v) is 18.0. The summed E-state index contributed by atoms with van der Waals surface area (Å²) in [5.41, 5.74) is 1.30. The fourth-order valence-electron chi connectivity index (χ4n) is 2.41. The summed E-state index contributed by atoms with van der Waals surface area (Å²) in [6.07, 6.45) is 2.22. The van der Waals surface area contributed by atoms with E-state index in [9.17, 15) is 14.4 Å². The minimum absolute atomic E-state index is 0.0785. The molecule has 0 fully saturated rings. The second-order valence-electron chi connectivity index (χ2n) is 6.40. The lowest BCUT2D eigenvalue weighted by atomic mass is 10.1. The number of thiophene rings is 1. The molecular weight excluding hydrogens is 404 g/mol. The SMILES string of the molecule is CCCOC(=O)c1c(NC(=O)Cn2cc(Cl)c(C)n2)sc(C(=O)N(C)C)c1C. The predicted molar refractivity (Wildman–Crippen MR) is 108 cm³/mol. The highest BCUT2D eigenvalue weighted by Crippen LogP contribution is 2.34. The third kappa shape index (κ3) is 4.90. The van der Waals surface area contributed by atoms with Crippen LogP contribution < -0.4 is 5.32 Å². The van der Waals surface area contributed by atoms with Gasteiger partial charge in [0.1, 0.15) is 11.5 Å². The van der Waals surface area contributed by atoms with Crippen molar-refractivity contribution in [1.29, 1.82) is 0 Å². The molecule has 0 saturated heterocycles. The summed E-state index contributed by atoms with van der Waals surface area (Å²) in [7, 11) is 3.25. The van der Waals surface area contributed by atoms with Crippen LogP contribution in [0.15, 0.2) is 6.20 Å². The van der Waals surface area contributed by atoms with Gasteiger partial charge in [0.15, 0.2) is 0 Å². The van der Waals surface area contributed by atoms with E-state index in [0.717, 1.165) is 11.3 Å². The molecule has 0 saturated carbocycles. The van der Waals surface area contributed by atoms with E-state index in [1.54, 1.807) is 34.1 Å². The van der Waals surface area contributed by atoms with Crippen LogP contribution >= 0.6 is 22.9 Å². The van der Waals surface area contributed by atoms with Gasteiger partial charge >= 0.3 is 5.97 Å². The molecule has 0 atom stereocenters. The number of halogens is 1. The number of aromatic nitrogens is 2. The standard InChI is InChI=1S/C18H23ClN4O4S/c1-6-7-27-18(26)14-10(2)15(17(25)22(4)5)28-16(14)20-13(24)9-23-8-12(19)11(3)21-23/h8H,6-7,9H2,1-5H3,(H,20,24). The second-order valence-corrected chi connectivity index (χ2v) is 7.83. The van der Waals surface area contributed by atoms with Gasteiger partial charge in [-0.25, -0.2) is 4.79 Å². The van der Waals surface area contributed by atoms with E-state index >= 15 is 0 Å². The van der Waals surface area contributed by atoms with Crippen LogP contribution in [0.5, 0.6) is 0 Å². The van der Waals surface area contributed by atoms with Crippen LogP contribution in [-0.2, 0) is 16.1 Å². The smallest absolute Gasteiger partial charge is 0.341 e. The van der Waals surface area contributed by atoms with Crippen molar-refractivity contribution < 1.29 is 19.1 Å². The fraction of sp³-hybridized carbons (Fsp3) is 0.444. The zero-order valence-electron chi connectivity index (χ0n) is 16.5. The Morgan fingerprint density at radius 2 is 2.00 bits per heavy atom. The number of nitrogens with zero attached hydrogens (tertiary/aromatic N) is 3. The largest absolute Gasteiger partial charge is 0.462 e. The third-order valence-electron chi connectivity index (χ3n) is 3.83. The minimum atomic E-state index is -0.568. The first-order chi connectivity index (χ1) is 13.1. The molecule has 0 aromatic carbocycles. The van der Waals surface area contributed by atoms with Crippen LogP contribution in [0.25, 0.3) is 0 Å². The zero-order chi connectivity index (χ0) is 21.0. The average Bonchev–Trinajstić information content (AvgIpc) is 3.10. The van der Waals surface area contributed by atoms with Crippen LogP contribution in [0.1, 0.15) is 44.6 Å². The molecule has 0 aliphatic heterocycles. The van der Waals surface area contributed by atoms with Crippen molar-refractivity contribution in [2.24, 2.45) is 0 Å². The molecule has 28 heavy (non-hydrogen) atoms. The maximum atomic E-state index is 12.5. The number of carbonyl (C=O) groups excluding carboxylic acids is 3. The van der Waals surface area contributed by atoms with Gasteiger partial charge in [-0.1, -0.05) is 18.5 Å². The lowest BCUT2D eigenvalue weighted by molar-refractivity contribution is -0.116. The molecule has 0 aliphatic rings. The number of rotatable bonds is 7. The Morgan fingerprint density at radius 3 is 2.54 bits per heavy atom. The molecule has 0 radical (unpaired) electrons. The van der Waals surface area contributed by atoms with Gasteiger partial charge in [-0.05, 0) is 25.8 Å². The summed E-state index contributed by atoms with van der Waals surface area (Å²) in [4.78, 5) is 39.2. The van der Waals surface area contributed by atoms with Crippen LogP contribution in [0.3, 0.4) is 0 Å².